The minimum atomic E-state index is -4.27. The molecule has 82 valence electrons. The second-order valence-electron chi connectivity index (χ2n) is 3.96. The fourth-order valence-corrected chi connectivity index (χ4v) is 1.85. The molecule has 0 spiro atoms. The van der Waals surface area contributed by atoms with Crippen LogP contribution in [0.4, 0.5) is 13.2 Å². The van der Waals surface area contributed by atoms with Crippen molar-refractivity contribution >= 4 is 11.6 Å². The van der Waals surface area contributed by atoms with Gasteiger partial charge < -0.3 is 0 Å². The van der Waals surface area contributed by atoms with Gasteiger partial charge in [-0.25, -0.2) is 0 Å². The first-order valence-corrected chi connectivity index (χ1v) is 5.14. The van der Waals surface area contributed by atoms with Crippen molar-refractivity contribution in [3.05, 3.63) is 33.8 Å². The summed E-state index contributed by atoms with van der Waals surface area (Å²) in [5.41, 5.74) is 0.318. The van der Waals surface area contributed by atoms with E-state index in [2.05, 4.69) is 0 Å². The van der Waals surface area contributed by atoms with Gasteiger partial charge in [-0.15, -0.1) is 0 Å². The van der Waals surface area contributed by atoms with Gasteiger partial charge in [0.25, 0.3) is 0 Å². The number of halogens is 4. The van der Waals surface area contributed by atoms with Crippen LogP contribution in [-0.4, -0.2) is 0 Å². The largest absolute Gasteiger partial charge is 0.416 e. The molecule has 0 heterocycles. The number of rotatable bonds is 1. The van der Waals surface area contributed by atoms with Crippen LogP contribution in [-0.2, 0) is 6.18 Å². The van der Waals surface area contributed by atoms with Gasteiger partial charge in [-0.3, -0.25) is 0 Å². The van der Waals surface area contributed by atoms with Gasteiger partial charge in [0, 0.05) is 5.02 Å². The average molecular weight is 235 g/mol. The van der Waals surface area contributed by atoms with E-state index < -0.39 is 11.7 Å². The summed E-state index contributed by atoms with van der Waals surface area (Å²) in [7, 11) is 0. The van der Waals surface area contributed by atoms with Crippen LogP contribution in [0.25, 0.3) is 0 Å². The molecule has 0 amide bonds. The molecular weight excluding hydrogens is 225 g/mol. The minimum absolute atomic E-state index is 0.0553. The minimum Gasteiger partial charge on any atom is -0.166 e. The van der Waals surface area contributed by atoms with Crippen molar-refractivity contribution in [1.29, 1.82) is 0 Å². The van der Waals surface area contributed by atoms with Crippen LogP contribution in [0.5, 0.6) is 0 Å². The quantitative estimate of drug-likeness (QED) is 0.669. The number of hydrogen-bond donors (Lipinski definition) is 0. The van der Waals surface area contributed by atoms with E-state index in [1.807, 2.05) is 0 Å². The third kappa shape index (κ3) is 2.12. The molecule has 0 unspecified atom stereocenters. The van der Waals surface area contributed by atoms with Crippen LogP contribution in [0.3, 0.4) is 0 Å². The third-order valence-corrected chi connectivity index (χ3v) is 3.06. The summed E-state index contributed by atoms with van der Waals surface area (Å²) in [6.07, 6.45) is -2.60. The number of hydrogen-bond acceptors (Lipinski definition) is 0. The first-order chi connectivity index (χ1) is 6.89. The molecule has 1 saturated carbocycles. The fraction of sp³-hybridized carbons (Fsp3) is 0.455. The van der Waals surface area contributed by atoms with Crippen LogP contribution in [0, 0.1) is 6.92 Å². The van der Waals surface area contributed by atoms with Crippen molar-refractivity contribution in [3.8, 4) is 0 Å². The lowest BCUT2D eigenvalue weighted by atomic mass is 10.0. The zero-order valence-electron chi connectivity index (χ0n) is 8.16. The molecule has 0 bridgehead atoms. The zero-order valence-corrected chi connectivity index (χ0v) is 8.91. The molecule has 0 atom stereocenters. The van der Waals surface area contributed by atoms with Gasteiger partial charge in [0.15, 0.2) is 0 Å². The number of benzene rings is 1. The second-order valence-corrected chi connectivity index (χ2v) is 4.37. The average Bonchev–Trinajstić information content (AvgIpc) is 2.89. The highest BCUT2D eigenvalue weighted by atomic mass is 35.5. The molecule has 1 aromatic rings. The maximum atomic E-state index is 12.7. The molecule has 0 aliphatic heterocycles. The van der Waals surface area contributed by atoms with Gasteiger partial charge in [0.05, 0.1) is 5.56 Å². The van der Waals surface area contributed by atoms with E-state index in [0.29, 0.717) is 16.1 Å². The fourth-order valence-electron chi connectivity index (χ4n) is 1.67. The van der Waals surface area contributed by atoms with E-state index in [0.717, 1.165) is 18.9 Å². The van der Waals surface area contributed by atoms with Gasteiger partial charge in [0.1, 0.15) is 0 Å². The first-order valence-electron chi connectivity index (χ1n) is 4.77. The highest BCUT2D eigenvalue weighted by molar-refractivity contribution is 6.31. The monoisotopic (exact) mass is 234 g/mol. The second kappa shape index (κ2) is 3.41. The van der Waals surface area contributed by atoms with Crippen molar-refractivity contribution in [2.75, 3.05) is 0 Å². The standard InChI is InChI=1S/C11H10ClF3/c1-6-4-9(11(13,14)15)8(5-10(6)12)7-2-3-7/h4-5,7H,2-3H2,1H3. The Kier molecular flexibility index (Phi) is 2.45. The summed E-state index contributed by atoms with van der Waals surface area (Å²) in [5, 5.41) is 0.421. The van der Waals surface area contributed by atoms with Gasteiger partial charge in [-0.2, -0.15) is 13.2 Å². The van der Waals surface area contributed by atoms with E-state index in [4.69, 9.17) is 11.6 Å². The molecule has 0 aromatic heterocycles. The lowest BCUT2D eigenvalue weighted by Gasteiger charge is -2.14. The predicted octanol–water partition coefficient (Wildman–Crippen LogP) is 4.54. The molecule has 1 aliphatic rings. The van der Waals surface area contributed by atoms with E-state index >= 15 is 0 Å². The van der Waals surface area contributed by atoms with Crippen molar-refractivity contribution in [2.24, 2.45) is 0 Å². The summed E-state index contributed by atoms with van der Waals surface area (Å²) >= 11 is 5.84. The molecule has 0 saturated heterocycles. The van der Waals surface area contributed by atoms with Crippen LogP contribution >= 0.6 is 11.6 Å². The molecule has 1 aromatic carbocycles. The topological polar surface area (TPSA) is 0 Å². The van der Waals surface area contributed by atoms with E-state index in [-0.39, 0.29) is 5.92 Å². The lowest BCUT2D eigenvalue weighted by Crippen LogP contribution is -2.09. The smallest absolute Gasteiger partial charge is 0.166 e. The van der Waals surface area contributed by atoms with Crippen LogP contribution in [0.2, 0.25) is 5.02 Å². The summed E-state index contributed by atoms with van der Waals surface area (Å²) in [6.45, 7) is 1.59. The van der Waals surface area contributed by atoms with Gasteiger partial charge in [-0.1, -0.05) is 11.6 Å². The maximum Gasteiger partial charge on any atom is 0.416 e. The molecular formula is C11H10ClF3. The summed E-state index contributed by atoms with van der Waals surface area (Å²) in [4.78, 5) is 0. The van der Waals surface area contributed by atoms with Crippen LogP contribution < -0.4 is 0 Å². The number of alkyl halides is 3. The number of aryl methyl sites for hydroxylation is 1. The summed E-state index contributed by atoms with van der Waals surface area (Å²) in [6, 6.07) is 2.62. The normalized spacial score (nSPS) is 16.9. The van der Waals surface area contributed by atoms with Gasteiger partial charge in [0.2, 0.25) is 0 Å². The predicted molar refractivity (Wildman–Crippen MR) is 53.2 cm³/mol. The van der Waals surface area contributed by atoms with E-state index in [1.165, 1.54) is 6.07 Å². The van der Waals surface area contributed by atoms with Crippen molar-refractivity contribution in [1.82, 2.24) is 0 Å². The molecule has 15 heavy (non-hydrogen) atoms. The van der Waals surface area contributed by atoms with Crippen molar-refractivity contribution in [3.63, 3.8) is 0 Å². The first kappa shape index (κ1) is 10.8. The summed E-state index contributed by atoms with van der Waals surface area (Å²) in [5.74, 6) is 0.0553. The Morgan fingerprint density at radius 2 is 1.87 bits per heavy atom. The third-order valence-electron chi connectivity index (χ3n) is 2.65. The Balaban J connectivity index is 2.55. The molecule has 1 aliphatic carbocycles. The van der Waals surface area contributed by atoms with Crippen LogP contribution in [0.15, 0.2) is 12.1 Å². The van der Waals surface area contributed by atoms with Crippen molar-refractivity contribution < 1.29 is 13.2 Å². The van der Waals surface area contributed by atoms with Crippen LogP contribution in [0.1, 0.15) is 35.4 Å². The van der Waals surface area contributed by atoms with Gasteiger partial charge in [-0.05, 0) is 48.9 Å². The lowest BCUT2D eigenvalue weighted by molar-refractivity contribution is -0.138. The molecule has 0 N–H and O–H groups in total. The van der Waals surface area contributed by atoms with Crippen molar-refractivity contribution in [2.45, 2.75) is 31.9 Å². The van der Waals surface area contributed by atoms with E-state index in [9.17, 15) is 13.2 Å². The SMILES string of the molecule is Cc1cc(C(F)(F)F)c(C2CC2)cc1Cl. The Morgan fingerprint density at radius 3 is 2.33 bits per heavy atom. The zero-order chi connectivity index (χ0) is 11.2. The molecule has 0 nitrogen and oxygen atoms in total. The highest BCUT2D eigenvalue weighted by Crippen LogP contribution is 2.47. The highest BCUT2D eigenvalue weighted by Gasteiger charge is 2.38. The van der Waals surface area contributed by atoms with E-state index in [1.54, 1.807) is 6.92 Å². The molecule has 0 radical (unpaired) electrons. The maximum absolute atomic E-state index is 12.7. The Labute approximate surface area is 91.1 Å². The molecule has 4 heteroatoms. The molecule has 2 rings (SSSR count). The Bertz CT molecular complexity index is 392. The van der Waals surface area contributed by atoms with Gasteiger partial charge >= 0.3 is 6.18 Å². The summed E-state index contributed by atoms with van der Waals surface area (Å²) < 4.78 is 38.1. The molecule has 1 fully saturated rings. The Hall–Kier alpha value is -0.700. The Morgan fingerprint density at radius 1 is 1.27 bits per heavy atom.